The van der Waals surface area contributed by atoms with Crippen LogP contribution < -0.4 is 20.1 Å². The first-order chi connectivity index (χ1) is 11.3. The molecule has 2 N–H and O–H groups in total. The fourth-order valence-electron chi connectivity index (χ4n) is 3.39. The van der Waals surface area contributed by atoms with Crippen molar-refractivity contribution in [2.75, 3.05) is 36.9 Å². The Labute approximate surface area is 136 Å². The largest absolute Gasteiger partial charge is 0.486 e. The lowest BCUT2D eigenvalue weighted by molar-refractivity contribution is 0.171. The summed E-state index contributed by atoms with van der Waals surface area (Å²) < 4.78 is 11.2. The summed E-state index contributed by atoms with van der Waals surface area (Å²) in [5, 5.41) is 0. The van der Waals surface area contributed by atoms with Crippen LogP contribution in [0.1, 0.15) is 24.0 Å². The maximum Gasteiger partial charge on any atom is 0.161 e. The molecule has 0 saturated carbocycles. The van der Waals surface area contributed by atoms with Gasteiger partial charge in [-0.1, -0.05) is 12.1 Å². The van der Waals surface area contributed by atoms with Gasteiger partial charge in [0.2, 0.25) is 0 Å². The molecule has 0 spiro atoms. The van der Waals surface area contributed by atoms with Crippen LogP contribution >= 0.6 is 0 Å². The minimum absolute atomic E-state index is 0.619. The molecule has 2 aliphatic heterocycles. The number of rotatable bonds is 3. The Balaban J connectivity index is 1.53. The second-order valence-electron chi connectivity index (χ2n) is 6.24. The van der Waals surface area contributed by atoms with E-state index in [0.29, 0.717) is 13.2 Å². The van der Waals surface area contributed by atoms with Gasteiger partial charge in [-0.15, -0.1) is 0 Å². The van der Waals surface area contributed by atoms with E-state index in [0.717, 1.165) is 36.7 Å². The molecule has 0 aromatic heterocycles. The molecule has 4 nitrogen and oxygen atoms in total. The summed E-state index contributed by atoms with van der Waals surface area (Å²) in [5.74, 6) is 1.68. The predicted octanol–water partition coefficient (Wildman–Crippen LogP) is 3.23. The van der Waals surface area contributed by atoms with E-state index in [4.69, 9.17) is 15.2 Å². The Hall–Kier alpha value is -2.36. The summed E-state index contributed by atoms with van der Waals surface area (Å²) in [4.78, 5) is 2.38. The number of nitrogen functional groups attached to an aromatic ring is 1. The number of hydrogen-bond acceptors (Lipinski definition) is 4. The van der Waals surface area contributed by atoms with Crippen molar-refractivity contribution in [1.29, 1.82) is 0 Å². The molecular formula is C19H22N2O2. The second kappa shape index (κ2) is 6.03. The molecule has 0 aliphatic carbocycles. The van der Waals surface area contributed by atoms with Gasteiger partial charge in [-0.2, -0.15) is 0 Å². The van der Waals surface area contributed by atoms with Gasteiger partial charge in [0.25, 0.3) is 0 Å². The zero-order valence-corrected chi connectivity index (χ0v) is 13.3. The van der Waals surface area contributed by atoms with Crippen LogP contribution in [-0.4, -0.2) is 26.3 Å². The molecule has 23 heavy (non-hydrogen) atoms. The van der Waals surface area contributed by atoms with Crippen molar-refractivity contribution >= 4 is 11.4 Å². The predicted molar refractivity (Wildman–Crippen MR) is 92.5 cm³/mol. The molecule has 4 heteroatoms. The van der Waals surface area contributed by atoms with Gasteiger partial charge in [0.1, 0.15) is 13.2 Å². The smallest absolute Gasteiger partial charge is 0.161 e. The van der Waals surface area contributed by atoms with Crippen LogP contribution in [0.25, 0.3) is 0 Å². The first-order valence-corrected chi connectivity index (χ1v) is 8.31. The molecule has 0 bridgehead atoms. The molecule has 1 saturated heterocycles. The fourth-order valence-corrected chi connectivity index (χ4v) is 3.39. The number of hydrogen-bond donors (Lipinski definition) is 1. The Morgan fingerprint density at radius 3 is 2.35 bits per heavy atom. The highest BCUT2D eigenvalue weighted by Crippen LogP contribution is 2.32. The minimum Gasteiger partial charge on any atom is -0.486 e. The topological polar surface area (TPSA) is 47.7 Å². The zero-order valence-electron chi connectivity index (χ0n) is 13.3. The molecule has 2 aliphatic rings. The fraction of sp³-hybridized carbons (Fsp3) is 0.368. The molecule has 0 unspecified atom stereocenters. The van der Waals surface area contributed by atoms with Crippen molar-refractivity contribution in [2.24, 2.45) is 0 Å². The van der Waals surface area contributed by atoms with Gasteiger partial charge in [-0.25, -0.2) is 0 Å². The highest BCUT2D eigenvalue weighted by molar-refractivity contribution is 5.69. The van der Waals surface area contributed by atoms with Gasteiger partial charge < -0.3 is 20.1 Å². The van der Waals surface area contributed by atoms with E-state index in [2.05, 4.69) is 35.2 Å². The number of benzene rings is 2. The van der Waals surface area contributed by atoms with E-state index in [9.17, 15) is 0 Å². The van der Waals surface area contributed by atoms with Gasteiger partial charge in [0, 0.05) is 13.1 Å². The second-order valence-corrected chi connectivity index (χ2v) is 6.24. The summed E-state index contributed by atoms with van der Waals surface area (Å²) in [6, 6.07) is 12.6. The highest BCUT2D eigenvalue weighted by atomic mass is 16.6. The molecule has 4 rings (SSSR count). The van der Waals surface area contributed by atoms with Gasteiger partial charge in [0.15, 0.2) is 11.5 Å². The molecule has 1 fully saturated rings. The van der Waals surface area contributed by atoms with Gasteiger partial charge in [-0.05, 0) is 54.7 Å². The molecule has 2 aromatic carbocycles. The number of fused-ring (bicyclic) bond motifs is 1. The van der Waals surface area contributed by atoms with E-state index in [1.807, 2.05) is 6.07 Å². The molecule has 0 amide bonds. The molecule has 2 aromatic rings. The van der Waals surface area contributed by atoms with E-state index in [1.165, 1.54) is 29.7 Å². The Morgan fingerprint density at radius 1 is 0.870 bits per heavy atom. The number of nitrogens with two attached hydrogens (primary N) is 1. The Morgan fingerprint density at radius 2 is 1.57 bits per heavy atom. The first kappa shape index (κ1) is 14.2. The average Bonchev–Trinajstić information content (AvgIpc) is 3.09. The van der Waals surface area contributed by atoms with E-state index in [1.54, 1.807) is 0 Å². The van der Waals surface area contributed by atoms with E-state index >= 15 is 0 Å². The SMILES string of the molecule is Nc1cc(Cc2ccc3c(c2)OCCO3)ccc1N1CCCC1. The lowest BCUT2D eigenvalue weighted by atomic mass is 10.0. The molecule has 0 atom stereocenters. The Bertz CT molecular complexity index is 709. The van der Waals surface area contributed by atoms with Crippen molar-refractivity contribution in [1.82, 2.24) is 0 Å². The maximum atomic E-state index is 6.28. The number of anilines is 2. The molecule has 2 heterocycles. The summed E-state index contributed by atoms with van der Waals surface area (Å²) in [6.45, 7) is 3.48. The van der Waals surface area contributed by atoms with E-state index < -0.39 is 0 Å². The third-order valence-corrected chi connectivity index (χ3v) is 4.55. The van der Waals surface area contributed by atoms with Crippen LogP contribution in [-0.2, 0) is 6.42 Å². The van der Waals surface area contributed by atoms with Gasteiger partial charge in [-0.3, -0.25) is 0 Å². The normalized spacial score (nSPS) is 16.6. The summed E-state index contributed by atoms with van der Waals surface area (Å²) in [7, 11) is 0. The average molecular weight is 310 g/mol. The highest BCUT2D eigenvalue weighted by Gasteiger charge is 2.15. The van der Waals surface area contributed by atoms with Gasteiger partial charge >= 0.3 is 0 Å². The van der Waals surface area contributed by atoms with Crippen molar-refractivity contribution in [3.63, 3.8) is 0 Å². The lowest BCUT2D eigenvalue weighted by Gasteiger charge is -2.21. The van der Waals surface area contributed by atoms with Crippen LogP contribution in [0.3, 0.4) is 0 Å². The maximum absolute atomic E-state index is 6.28. The van der Waals surface area contributed by atoms with Crippen LogP contribution in [0.15, 0.2) is 36.4 Å². The standard InChI is InChI=1S/C19H22N2O2/c20-16-12-14(3-5-17(16)21-7-1-2-8-21)11-15-4-6-18-19(13-15)23-10-9-22-18/h3-6,12-13H,1-2,7-11,20H2. The molecular weight excluding hydrogens is 288 g/mol. The summed E-state index contributed by atoms with van der Waals surface area (Å²) in [5.41, 5.74) is 10.8. The van der Waals surface area contributed by atoms with Crippen molar-refractivity contribution in [3.05, 3.63) is 47.5 Å². The van der Waals surface area contributed by atoms with Crippen molar-refractivity contribution in [3.8, 4) is 11.5 Å². The van der Waals surface area contributed by atoms with Crippen LogP contribution in [0, 0.1) is 0 Å². The zero-order chi connectivity index (χ0) is 15.6. The van der Waals surface area contributed by atoms with Crippen molar-refractivity contribution < 1.29 is 9.47 Å². The quantitative estimate of drug-likeness (QED) is 0.884. The number of nitrogens with zero attached hydrogens (tertiary/aromatic N) is 1. The summed E-state index contributed by atoms with van der Waals surface area (Å²) >= 11 is 0. The monoisotopic (exact) mass is 310 g/mol. The Kier molecular flexibility index (Phi) is 3.74. The number of ether oxygens (including phenoxy) is 2. The lowest BCUT2D eigenvalue weighted by Crippen LogP contribution is -2.19. The molecule has 120 valence electrons. The first-order valence-electron chi connectivity index (χ1n) is 8.31. The van der Waals surface area contributed by atoms with Crippen LogP contribution in [0.4, 0.5) is 11.4 Å². The third kappa shape index (κ3) is 2.93. The summed E-state index contributed by atoms with van der Waals surface area (Å²) in [6.07, 6.45) is 3.37. The minimum atomic E-state index is 0.619. The third-order valence-electron chi connectivity index (χ3n) is 4.55. The van der Waals surface area contributed by atoms with Crippen molar-refractivity contribution in [2.45, 2.75) is 19.3 Å². The van der Waals surface area contributed by atoms with Gasteiger partial charge in [0.05, 0.1) is 11.4 Å². The molecule has 0 radical (unpaired) electrons. The van der Waals surface area contributed by atoms with E-state index in [-0.39, 0.29) is 0 Å². The van der Waals surface area contributed by atoms with Crippen LogP contribution in [0.5, 0.6) is 11.5 Å². The van der Waals surface area contributed by atoms with Crippen LogP contribution in [0.2, 0.25) is 0 Å².